The lowest BCUT2D eigenvalue weighted by Crippen LogP contribution is -2.41. The number of piperidine rings is 1. The van der Waals surface area contributed by atoms with Crippen molar-refractivity contribution in [1.29, 1.82) is 0 Å². The first kappa shape index (κ1) is 23.5. The number of nitrogens with one attached hydrogen (secondary N) is 2. The second-order valence-corrected chi connectivity index (χ2v) is 9.04. The molecule has 3 amide bonds. The molecule has 178 valence electrons. The zero-order chi connectivity index (χ0) is 24.1. The van der Waals surface area contributed by atoms with E-state index in [2.05, 4.69) is 20.8 Å². The first-order chi connectivity index (χ1) is 16.5. The van der Waals surface area contributed by atoms with Crippen LogP contribution < -0.4 is 20.1 Å². The lowest BCUT2D eigenvalue weighted by Gasteiger charge is -2.31. The van der Waals surface area contributed by atoms with E-state index in [0.717, 1.165) is 29.1 Å². The molecule has 1 aliphatic rings. The minimum atomic E-state index is -0.282. The summed E-state index contributed by atoms with van der Waals surface area (Å²) in [6.45, 7) is 3.08. The number of carbonyl (C=O) groups excluding carboxylic acids is 2. The second kappa shape index (κ2) is 10.5. The van der Waals surface area contributed by atoms with Gasteiger partial charge in [0.25, 0.3) is 5.91 Å². The number of nitrogens with zero attached hydrogens (tertiary/aromatic N) is 3. The van der Waals surface area contributed by atoms with Gasteiger partial charge in [-0.3, -0.25) is 4.79 Å². The van der Waals surface area contributed by atoms with Gasteiger partial charge in [-0.1, -0.05) is 29.5 Å². The number of aryl methyl sites for hydroxylation is 1. The Morgan fingerprint density at radius 1 is 1.06 bits per heavy atom. The Labute approximate surface area is 202 Å². The molecule has 2 heterocycles. The van der Waals surface area contributed by atoms with E-state index in [4.69, 9.17) is 9.47 Å². The predicted molar refractivity (Wildman–Crippen MR) is 131 cm³/mol. The molecule has 1 atom stereocenters. The quantitative estimate of drug-likeness (QED) is 0.536. The Kier molecular flexibility index (Phi) is 7.27. The largest absolute Gasteiger partial charge is 0.497 e. The molecule has 34 heavy (non-hydrogen) atoms. The van der Waals surface area contributed by atoms with Gasteiger partial charge >= 0.3 is 6.03 Å². The first-order valence-corrected chi connectivity index (χ1v) is 11.8. The average Bonchev–Trinajstić information content (AvgIpc) is 3.36. The normalized spacial score (nSPS) is 15.5. The van der Waals surface area contributed by atoms with Crippen molar-refractivity contribution < 1.29 is 19.1 Å². The number of aromatic nitrogens is 2. The van der Waals surface area contributed by atoms with Crippen LogP contribution in [0, 0.1) is 6.92 Å². The number of urea groups is 1. The third kappa shape index (κ3) is 5.45. The van der Waals surface area contributed by atoms with Crippen LogP contribution in [0.4, 0.5) is 16.2 Å². The van der Waals surface area contributed by atoms with Gasteiger partial charge in [0.2, 0.25) is 5.01 Å². The lowest BCUT2D eigenvalue weighted by atomic mass is 9.99. The van der Waals surface area contributed by atoms with Crippen molar-refractivity contribution in [1.82, 2.24) is 15.1 Å². The summed E-state index contributed by atoms with van der Waals surface area (Å²) in [5.74, 6) is 0.931. The van der Waals surface area contributed by atoms with E-state index in [-0.39, 0.29) is 17.9 Å². The fraction of sp³-hybridized carbons (Fsp3) is 0.333. The SMILES string of the molecule is COc1cc(NC(=O)N2CCC[C@H](c3nnc(C(=O)Nc4ccccc4C)s3)C2)cc(OC)c1. The zero-order valence-corrected chi connectivity index (χ0v) is 20.1. The molecule has 0 unspecified atom stereocenters. The molecule has 1 aliphatic heterocycles. The molecule has 0 radical (unpaired) electrons. The standard InChI is InChI=1S/C24H27N5O4S/c1-15-7-4-5-9-20(15)26-21(30)23-28-27-22(34-23)16-8-6-10-29(14-16)24(31)25-17-11-18(32-2)13-19(12-17)33-3/h4-5,7,9,11-13,16H,6,8,10,14H2,1-3H3,(H,25,31)(H,26,30)/t16-/m0/s1. The van der Waals surface area contributed by atoms with Crippen molar-refractivity contribution in [2.75, 3.05) is 37.9 Å². The van der Waals surface area contributed by atoms with Gasteiger partial charge in [-0.15, -0.1) is 10.2 Å². The van der Waals surface area contributed by atoms with Crippen LogP contribution in [0.5, 0.6) is 11.5 Å². The molecule has 10 heteroatoms. The van der Waals surface area contributed by atoms with E-state index >= 15 is 0 Å². The Morgan fingerprint density at radius 3 is 2.50 bits per heavy atom. The Hall–Kier alpha value is -3.66. The summed E-state index contributed by atoms with van der Waals surface area (Å²) in [5.41, 5.74) is 2.32. The number of hydrogen-bond donors (Lipinski definition) is 2. The number of benzene rings is 2. The van der Waals surface area contributed by atoms with Crippen LogP contribution >= 0.6 is 11.3 Å². The highest BCUT2D eigenvalue weighted by atomic mass is 32.1. The summed E-state index contributed by atoms with van der Waals surface area (Å²) >= 11 is 1.27. The average molecular weight is 482 g/mol. The maximum Gasteiger partial charge on any atom is 0.321 e. The molecule has 0 saturated carbocycles. The summed E-state index contributed by atoms with van der Waals surface area (Å²) in [6, 6.07) is 12.6. The summed E-state index contributed by atoms with van der Waals surface area (Å²) < 4.78 is 10.5. The summed E-state index contributed by atoms with van der Waals surface area (Å²) in [6.07, 6.45) is 1.72. The topological polar surface area (TPSA) is 106 Å². The van der Waals surface area contributed by atoms with E-state index < -0.39 is 0 Å². The first-order valence-electron chi connectivity index (χ1n) is 11.0. The van der Waals surface area contributed by atoms with E-state index in [1.54, 1.807) is 37.3 Å². The number of methoxy groups -OCH3 is 2. The molecular weight excluding hydrogens is 454 g/mol. The molecule has 2 N–H and O–H groups in total. The number of anilines is 2. The van der Waals surface area contributed by atoms with Gasteiger partial charge in [-0.05, 0) is 31.4 Å². The minimum absolute atomic E-state index is 0.0249. The molecule has 3 aromatic rings. The van der Waals surface area contributed by atoms with Crippen LogP contribution in [0.2, 0.25) is 0 Å². The predicted octanol–water partition coefficient (Wildman–Crippen LogP) is 4.53. The van der Waals surface area contributed by atoms with Crippen molar-refractivity contribution in [3.05, 3.63) is 58.0 Å². The Bertz CT molecular complexity index is 1160. The number of amides is 3. The van der Waals surface area contributed by atoms with Crippen LogP contribution in [0.1, 0.15) is 39.1 Å². The molecule has 0 aliphatic carbocycles. The molecule has 2 aromatic carbocycles. The fourth-order valence-corrected chi connectivity index (χ4v) is 4.69. The number of para-hydroxylation sites is 1. The number of carbonyl (C=O) groups is 2. The summed E-state index contributed by atoms with van der Waals surface area (Å²) in [4.78, 5) is 27.3. The van der Waals surface area contributed by atoms with E-state index in [9.17, 15) is 9.59 Å². The number of hydrogen-bond acceptors (Lipinski definition) is 7. The molecule has 0 bridgehead atoms. The van der Waals surface area contributed by atoms with E-state index in [0.29, 0.717) is 35.3 Å². The third-order valence-corrected chi connectivity index (χ3v) is 6.77. The van der Waals surface area contributed by atoms with Crippen molar-refractivity contribution in [3.63, 3.8) is 0 Å². The molecule has 4 rings (SSSR count). The zero-order valence-electron chi connectivity index (χ0n) is 19.3. The fourth-order valence-electron chi connectivity index (χ4n) is 3.83. The third-order valence-electron chi connectivity index (χ3n) is 5.69. The smallest absolute Gasteiger partial charge is 0.321 e. The number of likely N-dealkylation sites (tertiary alicyclic amines) is 1. The van der Waals surface area contributed by atoms with Gasteiger partial charge in [-0.2, -0.15) is 0 Å². The maximum absolute atomic E-state index is 12.9. The van der Waals surface area contributed by atoms with Gasteiger partial charge < -0.3 is 25.0 Å². The van der Waals surface area contributed by atoms with Gasteiger partial charge in [0.1, 0.15) is 16.5 Å². The van der Waals surface area contributed by atoms with Crippen molar-refractivity contribution >= 4 is 34.6 Å². The van der Waals surface area contributed by atoms with Crippen LogP contribution in [0.25, 0.3) is 0 Å². The van der Waals surface area contributed by atoms with Crippen LogP contribution in [0.15, 0.2) is 42.5 Å². The Morgan fingerprint density at radius 2 is 1.79 bits per heavy atom. The molecular formula is C24H27N5O4S. The molecule has 1 aromatic heterocycles. The van der Waals surface area contributed by atoms with Crippen LogP contribution in [-0.4, -0.2) is 54.3 Å². The molecule has 9 nitrogen and oxygen atoms in total. The van der Waals surface area contributed by atoms with Crippen molar-refractivity contribution in [3.8, 4) is 11.5 Å². The van der Waals surface area contributed by atoms with Crippen LogP contribution in [-0.2, 0) is 0 Å². The molecule has 1 fully saturated rings. The number of rotatable bonds is 6. The van der Waals surface area contributed by atoms with E-state index in [1.165, 1.54) is 11.3 Å². The summed E-state index contributed by atoms with van der Waals surface area (Å²) in [7, 11) is 3.13. The van der Waals surface area contributed by atoms with Gasteiger partial charge in [0.15, 0.2) is 0 Å². The van der Waals surface area contributed by atoms with Crippen LogP contribution in [0.3, 0.4) is 0 Å². The lowest BCUT2D eigenvalue weighted by molar-refractivity contribution is 0.102. The highest BCUT2D eigenvalue weighted by Crippen LogP contribution is 2.31. The number of ether oxygens (including phenoxy) is 2. The van der Waals surface area contributed by atoms with Crippen molar-refractivity contribution in [2.45, 2.75) is 25.7 Å². The Balaban J connectivity index is 1.40. The monoisotopic (exact) mass is 481 g/mol. The van der Waals surface area contributed by atoms with Gasteiger partial charge in [0, 0.05) is 48.6 Å². The minimum Gasteiger partial charge on any atom is -0.497 e. The summed E-state index contributed by atoms with van der Waals surface area (Å²) in [5, 5.41) is 15.2. The highest BCUT2D eigenvalue weighted by Gasteiger charge is 2.28. The van der Waals surface area contributed by atoms with Gasteiger partial charge in [0.05, 0.1) is 14.2 Å². The van der Waals surface area contributed by atoms with E-state index in [1.807, 2.05) is 31.2 Å². The molecule has 0 spiro atoms. The molecule has 1 saturated heterocycles. The van der Waals surface area contributed by atoms with Gasteiger partial charge in [-0.25, -0.2) is 4.79 Å². The second-order valence-electron chi connectivity index (χ2n) is 8.03. The maximum atomic E-state index is 12.9. The van der Waals surface area contributed by atoms with Crippen molar-refractivity contribution in [2.24, 2.45) is 0 Å². The highest BCUT2D eigenvalue weighted by molar-refractivity contribution is 7.13.